The van der Waals surface area contributed by atoms with Gasteiger partial charge in [-0.05, 0) is 60.3 Å². The Morgan fingerprint density at radius 1 is 1.04 bits per heavy atom. The molecule has 1 saturated heterocycles. The third kappa shape index (κ3) is 3.83. The smallest absolute Gasteiger partial charge is 0.270 e. The van der Waals surface area contributed by atoms with Crippen molar-refractivity contribution in [3.05, 3.63) is 59.7 Å². The Kier molecular flexibility index (Phi) is 5.23. The number of hydrogen-bond donors (Lipinski definition) is 1. The van der Waals surface area contributed by atoms with Crippen LogP contribution in [-0.4, -0.2) is 38.1 Å². The molecule has 0 bridgehead atoms. The van der Waals surface area contributed by atoms with E-state index in [9.17, 15) is 9.59 Å². The molecule has 0 atom stereocenters. The van der Waals surface area contributed by atoms with Gasteiger partial charge < -0.3 is 9.64 Å². The van der Waals surface area contributed by atoms with E-state index in [4.69, 9.17) is 17.0 Å². The molecule has 2 aromatic carbocycles. The SMILES string of the molecule is COc1ccc(N2C(=O)C(=Cc3ccc(N(C)C)cc3)C(=O)NC2=S)cc1. The van der Waals surface area contributed by atoms with Crippen LogP contribution < -0.4 is 19.9 Å². The highest BCUT2D eigenvalue weighted by molar-refractivity contribution is 7.80. The van der Waals surface area contributed by atoms with Gasteiger partial charge in [0.15, 0.2) is 5.11 Å². The summed E-state index contributed by atoms with van der Waals surface area (Å²) in [6, 6.07) is 14.4. The number of anilines is 2. The molecule has 138 valence electrons. The number of amides is 2. The highest BCUT2D eigenvalue weighted by atomic mass is 32.1. The number of nitrogens with one attached hydrogen (secondary N) is 1. The molecule has 0 aliphatic carbocycles. The van der Waals surface area contributed by atoms with Crippen molar-refractivity contribution in [1.29, 1.82) is 0 Å². The molecule has 1 fully saturated rings. The fourth-order valence-corrected chi connectivity index (χ4v) is 2.94. The summed E-state index contributed by atoms with van der Waals surface area (Å²) in [6.45, 7) is 0. The fraction of sp³-hybridized carbons (Fsp3) is 0.150. The summed E-state index contributed by atoms with van der Waals surface area (Å²) in [7, 11) is 5.45. The number of nitrogens with zero attached hydrogens (tertiary/aromatic N) is 2. The summed E-state index contributed by atoms with van der Waals surface area (Å²) in [5, 5.41) is 2.63. The topological polar surface area (TPSA) is 61.9 Å². The Labute approximate surface area is 163 Å². The van der Waals surface area contributed by atoms with Gasteiger partial charge in [-0.15, -0.1) is 0 Å². The standard InChI is InChI=1S/C20H19N3O3S/c1-22(2)14-6-4-13(5-7-14)12-17-18(24)21-20(27)23(19(17)25)15-8-10-16(26-3)11-9-15/h4-12H,1-3H3,(H,21,24,27). The maximum absolute atomic E-state index is 13.0. The van der Waals surface area contributed by atoms with Crippen LogP contribution in [0, 0.1) is 0 Å². The lowest BCUT2D eigenvalue weighted by Gasteiger charge is -2.29. The van der Waals surface area contributed by atoms with E-state index in [1.165, 1.54) is 4.90 Å². The quantitative estimate of drug-likeness (QED) is 0.501. The second-order valence-electron chi connectivity index (χ2n) is 6.14. The van der Waals surface area contributed by atoms with Crippen molar-refractivity contribution < 1.29 is 14.3 Å². The van der Waals surface area contributed by atoms with Crippen LogP contribution in [0.25, 0.3) is 6.08 Å². The van der Waals surface area contributed by atoms with Gasteiger partial charge in [-0.1, -0.05) is 12.1 Å². The van der Waals surface area contributed by atoms with Gasteiger partial charge in [-0.25, -0.2) is 0 Å². The van der Waals surface area contributed by atoms with Crippen molar-refractivity contribution in [2.45, 2.75) is 0 Å². The van der Waals surface area contributed by atoms with Gasteiger partial charge in [0, 0.05) is 19.8 Å². The lowest BCUT2D eigenvalue weighted by molar-refractivity contribution is -0.122. The van der Waals surface area contributed by atoms with Gasteiger partial charge in [0.2, 0.25) is 0 Å². The first-order valence-corrected chi connectivity index (χ1v) is 8.64. The first-order valence-electron chi connectivity index (χ1n) is 8.23. The summed E-state index contributed by atoms with van der Waals surface area (Å²) in [6.07, 6.45) is 1.56. The molecule has 1 N–H and O–H groups in total. The van der Waals surface area contributed by atoms with Crippen LogP contribution in [0.2, 0.25) is 0 Å². The van der Waals surface area contributed by atoms with Crippen molar-refractivity contribution in [2.24, 2.45) is 0 Å². The van der Waals surface area contributed by atoms with E-state index in [0.29, 0.717) is 11.4 Å². The normalized spacial score (nSPS) is 15.7. The van der Waals surface area contributed by atoms with E-state index in [0.717, 1.165) is 11.3 Å². The minimum atomic E-state index is -0.508. The van der Waals surface area contributed by atoms with Crippen molar-refractivity contribution >= 4 is 46.6 Å². The Morgan fingerprint density at radius 3 is 2.22 bits per heavy atom. The molecule has 6 nitrogen and oxygen atoms in total. The Balaban J connectivity index is 1.93. The van der Waals surface area contributed by atoms with Crippen LogP contribution >= 0.6 is 12.2 Å². The van der Waals surface area contributed by atoms with E-state index in [-0.39, 0.29) is 10.7 Å². The van der Waals surface area contributed by atoms with Crippen LogP contribution in [0.15, 0.2) is 54.1 Å². The van der Waals surface area contributed by atoms with E-state index < -0.39 is 11.8 Å². The van der Waals surface area contributed by atoms with Gasteiger partial charge >= 0.3 is 0 Å². The molecule has 1 heterocycles. The molecule has 27 heavy (non-hydrogen) atoms. The van der Waals surface area contributed by atoms with Gasteiger partial charge in [0.1, 0.15) is 11.3 Å². The molecule has 1 aliphatic heterocycles. The molecule has 1 aliphatic rings. The largest absolute Gasteiger partial charge is 0.497 e. The monoisotopic (exact) mass is 381 g/mol. The summed E-state index contributed by atoms with van der Waals surface area (Å²) in [4.78, 5) is 28.6. The zero-order valence-electron chi connectivity index (χ0n) is 15.2. The fourth-order valence-electron chi connectivity index (χ4n) is 2.66. The predicted octanol–water partition coefficient (Wildman–Crippen LogP) is 2.59. The average Bonchev–Trinajstić information content (AvgIpc) is 2.66. The zero-order valence-corrected chi connectivity index (χ0v) is 16.0. The highest BCUT2D eigenvalue weighted by Gasteiger charge is 2.34. The van der Waals surface area contributed by atoms with Crippen molar-refractivity contribution in [1.82, 2.24) is 5.32 Å². The van der Waals surface area contributed by atoms with Gasteiger partial charge in [0.05, 0.1) is 12.8 Å². The molecule has 3 rings (SSSR count). The first-order chi connectivity index (χ1) is 12.9. The Bertz CT molecular complexity index is 918. The summed E-state index contributed by atoms with van der Waals surface area (Å²) >= 11 is 5.20. The average molecular weight is 381 g/mol. The molecule has 0 aromatic heterocycles. The minimum Gasteiger partial charge on any atom is -0.497 e. The molecule has 0 saturated carbocycles. The maximum Gasteiger partial charge on any atom is 0.270 e. The number of carbonyl (C=O) groups is 2. The number of thiocarbonyl (C=S) groups is 1. The molecule has 2 aromatic rings. The lowest BCUT2D eigenvalue weighted by Crippen LogP contribution is -2.54. The van der Waals surface area contributed by atoms with Crippen LogP contribution in [0.4, 0.5) is 11.4 Å². The second kappa shape index (κ2) is 7.59. The van der Waals surface area contributed by atoms with E-state index in [2.05, 4.69) is 5.32 Å². The third-order valence-electron chi connectivity index (χ3n) is 4.15. The van der Waals surface area contributed by atoms with Gasteiger partial charge in [-0.2, -0.15) is 0 Å². The van der Waals surface area contributed by atoms with Crippen molar-refractivity contribution in [3.8, 4) is 5.75 Å². The summed E-state index contributed by atoms with van der Waals surface area (Å²) in [5.74, 6) is -0.313. The van der Waals surface area contributed by atoms with Crippen LogP contribution in [-0.2, 0) is 9.59 Å². The first kappa shape index (κ1) is 18.6. The number of benzene rings is 2. The van der Waals surface area contributed by atoms with Gasteiger partial charge in [0.25, 0.3) is 11.8 Å². The lowest BCUT2D eigenvalue weighted by atomic mass is 10.1. The number of rotatable bonds is 4. The molecular weight excluding hydrogens is 362 g/mol. The molecule has 0 radical (unpaired) electrons. The Morgan fingerprint density at radius 2 is 1.67 bits per heavy atom. The number of hydrogen-bond acceptors (Lipinski definition) is 5. The predicted molar refractivity (Wildman–Crippen MR) is 110 cm³/mol. The molecule has 0 spiro atoms. The summed E-state index contributed by atoms with van der Waals surface area (Å²) < 4.78 is 5.13. The summed E-state index contributed by atoms with van der Waals surface area (Å²) in [5.41, 5.74) is 2.36. The van der Waals surface area contributed by atoms with Crippen LogP contribution in [0.5, 0.6) is 5.75 Å². The van der Waals surface area contributed by atoms with Crippen molar-refractivity contribution in [3.63, 3.8) is 0 Å². The molecule has 0 unspecified atom stereocenters. The number of methoxy groups -OCH3 is 1. The number of ether oxygens (including phenoxy) is 1. The minimum absolute atomic E-state index is 0.0250. The maximum atomic E-state index is 13.0. The second-order valence-corrected chi connectivity index (χ2v) is 6.53. The molecule has 7 heteroatoms. The van der Waals surface area contributed by atoms with E-state index in [1.807, 2.05) is 43.3 Å². The molecular formula is C20H19N3O3S. The van der Waals surface area contributed by atoms with Crippen molar-refractivity contribution in [2.75, 3.05) is 31.0 Å². The number of carbonyl (C=O) groups excluding carboxylic acids is 2. The van der Waals surface area contributed by atoms with Gasteiger partial charge in [-0.3, -0.25) is 19.8 Å². The van der Waals surface area contributed by atoms with E-state index >= 15 is 0 Å². The van der Waals surface area contributed by atoms with Crippen LogP contribution in [0.3, 0.4) is 0 Å². The Hall–Kier alpha value is -3.19. The van der Waals surface area contributed by atoms with Crippen LogP contribution in [0.1, 0.15) is 5.56 Å². The van der Waals surface area contributed by atoms with E-state index in [1.54, 1.807) is 37.5 Å². The highest BCUT2D eigenvalue weighted by Crippen LogP contribution is 2.24. The zero-order chi connectivity index (χ0) is 19.6. The third-order valence-corrected chi connectivity index (χ3v) is 4.44. The molecule has 2 amide bonds.